The molecule has 130 valence electrons. The number of hydrogen-bond donors (Lipinski definition) is 1. The average Bonchev–Trinajstić information content (AvgIpc) is 2.78. The first kappa shape index (κ1) is 17.1. The van der Waals surface area contributed by atoms with Gasteiger partial charge in [0.1, 0.15) is 5.69 Å². The van der Waals surface area contributed by atoms with Gasteiger partial charge in [0.2, 0.25) is 0 Å². The molecule has 0 unspecified atom stereocenters. The van der Waals surface area contributed by atoms with Crippen molar-refractivity contribution < 1.29 is 9.68 Å². The first-order valence-electron chi connectivity index (χ1n) is 8.73. The predicted octanol–water partition coefficient (Wildman–Crippen LogP) is 4.75. The maximum Gasteiger partial charge on any atom is 0.271 e. The Morgan fingerprint density at radius 1 is 1.00 bits per heavy atom. The molecule has 1 atom stereocenters. The minimum atomic E-state index is -1.02. The van der Waals surface area contributed by atoms with E-state index in [4.69, 9.17) is 11.6 Å². The van der Waals surface area contributed by atoms with Crippen molar-refractivity contribution in [1.29, 1.82) is 0 Å². The quantitative estimate of drug-likeness (QED) is 0.710. The highest BCUT2D eigenvalue weighted by Crippen LogP contribution is 2.36. The molecule has 0 saturated carbocycles. The number of β-amino-alcohol motifs (C(OH)–C–C–N with tert-alkyl or cyclic N) is 1. The number of rotatable bonds is 2. The summed E-state index contributed by atoms with van der Waals surface area (Å²) in [6.45, 7) is 1.41. The molecule has 5 heteroatoms. The zero-order chi connectivity index (χ0) is 17.4. The Kier molecular flexibility index (Phi) is 4.61. The summed E-state index contributed by atoms with van der Waals surface area (Å²) in [6, 6.07) is 15.9. The number of anilines is 1. The maximum atomic E-state index is 11.7. The van der Waals surface area contributed by atoms with Crippen LogP contribution in [0.5, 0.6) is 0 Å². The topological polar surface area (TPSA) is 26.5 Å². The lowest BCUT2D eigenvalue weighted by Gasteiger charge is -2.23. The molecule has 0 spiro atoms. The lowest BCUT2D eigenvalue weighted by atomic mass is 10.0. The summed E-state index contributed by atoms with van der Waals surface area (Å²) in [5.74, 6) is 1.22. The third kappa shape index (κ3) is 3.12. The van der Waals surface area contributed by atoms with Gasteiger partial charge >= 0.3 is 0 Å². The summed E-state index contributed by atoms with van der Waals surface area (Å²) in [4.78, 5) is 2.27. The van der Waals surface area contributed by atoms with Gasteiger partial charge in [-0.25, -0.2) is 9.48 Å². The summed E-state index contributed by atoms with van der Waals surface area (Å²) in [5.41, 5.74) is 1.00. The minimum Gasteiger partial charge on any atom is -0.346 e. The molecule has 0 bridgehead atoms. The van der Waals surface area contributed by atoms with Crippen LogP contribution in [0.1, 0.15) is 31.2 Å². The predicted molar refractivity (Wildman–Crippen MR) is 105 cm³/mol. The van der Waals surface area contributed by atoms with Crippen LogP contribution in [0.25, 0.3) is 0 Å². The van der Waals surface area contributed by atoms with Crippen LogP contribution in [0.4, 0.5) is 5.69 Å². The number of aliphatic hydroxyl groups is 1. The van der Waals surface area contributed by atoms with E-state index in [0.29, 0.717) is 11.6 Å². The molecule has 1 N–H and O–H groups in total. The SMILES string of the molecule is O[C@]1(c2ccc(Cl)cc2)CN(c2ccc(Br)cc2)C2=[N+]1CCCCC2. The monoisotopic (exact) mass is 419 g/mol. The third-order valence-electron chi connectivity index (χ3n) is 5.18. The Morgan fingerprint density at radius 2 is 1.72 bits per heavy atom. The highest BCUT2D eigenvalue weighted by atomic mass is 79.9. The number of halogens is 2. The first-order valence-corrected chi connectivity index (χ1v) is 9.90. The molecular formula is C20H21BrClN2O+. The van der Waals surface area contributed by atoms with E-state index >= 15 is 0 Å². The molecule has 0 amide bonds. The van der Waals surface area contributed by atoms with E-state index in [9.17, 15) is 5.11 Å². The second kappa shape index (κ2) is 6.75. The fourth-order valence-electron chi connectivity index (χ4n) is 3.90. The fraction of sp³-hybridized carbons (Fsp3) is 0.350. The Labute approximate surface area is 161 Å². The van der Waals surface area contributed by atoms with E-state index in [1.807, 2.05) is 24.3 Å². The van der Waals surface area contributed by atoms with Gasteiger partial charge in [0.15, 0.2) is 6.54 Å². The Hall–Kier alpha value is -1.36. The van der Waals surface area contributed by atoms with E-state index in [-0.39, 0.29) is 0 Å². The van der Waals surface area contributed by atoms with Gasteiger partial charge in [-0.05, 0) is 55.7 Å². The molecule has 2 aromatic rings. The van der Waals surface area contributed by atoms with Gasteiger partial charge in [-0.3, -0.25) is 0 Å². The smallest absolute Gasteiger partial charge is 0.271 e. The van der Waals surface area contributed by atoms with E-state index in [1.54, 1.807) is 0 Å². The van der Waals surface area contributed by atoms with Crippen molar-refractivity contribution >= 4 is 39.1 Å². The van der Waals surface area contributed by atoms with Crippen LogP contribution in [-0.4, -0.2) is 28.6 Å². The summed E-state index contributed by atoms with van der Waals surface area (Å²) < 4.78 is 3.26. The van der Waals surface area contributed by atoms with Gasteiger partial charge in [0.05, 0.1) is 6.54 Å². The van der Waals surface area contributed by atoms with Crippen LogP contribution >= 0.6 is 27.5 Å². The Morgan fingerprint density at radius 3 is 2.44 bits per heavy atom. The molecule has 0 saturated heterocycles. The molecule has 0 fully saturated rings. The van der Waals surface area contributed by atoms with Crippen LogP contribution in [0.3, 0.4) is 0 Å². The second-order valence-electron chi connectivity index (χ2n) is 6.76. The minimum absolute atomic E-state index is 0.533. The van der Waals surface area contributed by atoms with E-state index in [1.165, 1.54) is 12.3 Å². The van der Waals surface area contributed by atoms with Crippen LogP contribution in [0.2, 0.25) is 5.02 Å². The van der Waals surface area contributed by atoms with E-state index in [0.717, 1.165) is 41.5 Å². The van der Waals surface area contributed by atoms with Gasteiger partial charge in [0, 0.05) is 21.5 Å². The number of hydrogen-bond acceptors (Lipinski definition) is 2. The summed E-state index contributed by atoms with van der Waals surface area (Å²) in [6.07, 6.45) is 4.46. The molecule has 2 aliphatic rings. The highest BCUT2D eigenvalue weighted by molar-refractivity contribution is 9.10. The van der Waals surface area contributed by atoms with Crippen molar-refractivity contribution in [2.45, 2.75) is 31.4 Å². The second-order valence-corrected chi connectivity index (χ2v) is 8.12. The Bertz CT molecular complexity index is 803. The summed E-state index contributed by atoms with van der Waals surface area (Å²) in [7, 11) is 0. The summed E-state index contributed by atoms with van der Waals surface area (Å²) in [5, 5.41) is 12.4. The average molecular weight is 421 g/mol. The van der Waals surface area contributed by atoms with Crippen LogP contribution in [-0.2, 0) is 5.72 Å². The lowest BCUT2D eigenvalue weighted by molar-refractivity contribution is -0.658. The molecule has 2 aromatic carbocycles. The molecule has 0 aromatic heterocycles. The molecule has 3 nitrogen and oxygen atoms in total. The molecule has 25 heavy (non-hydrogen) atoms. The lowest BCUT2D eigenvalue weighted by Crippen LogP contribution is -2.41. The highest BCUT2D eigenvalue weighted by Gasteiger charge is 2.51. The largest absolute Gasteiger partial charge is 0.346 e. The molecule has 0 radical (unpaired) electrons. The molecule has 2 heterocycles. The summed E-state index contributed by atoms with van der Waals surface area (Å²) >= 11 is 9.56. The molecule has 2 aliphatic heterocycles. The van der Waals surface area contributed by atoms with Gasteiger partial charge in [-0.2, -0.15) is 0 Å². The number of benzene rings is 2. The van der Waals surface area contributed by atoms with Crippen molar-refractivity contribution in [3.63, 3.8) is 0 Å². The standard InChI is InChI=1S/C20H21BrClN2O/c21-16-7-11-18(12-8-16)23-14-20(25,15-5-9-17(22)10-6-15)24-13-3-1-2-4-19(23)24/h5-12,25H,1-4,13-14H2/q+1/t20-/m0/s1. The zero-order valence-electron chi connectivity index (χ0n) is 14.0. The van der Waals surface area contributed by atoms with Crippen LogP contribution < -0.4 is 4.90 Å². The van der Waals surface area contributed by atoms with Gasteiger partial charge < -0.3 is 5.11 Å². The fourth-order valence-corrected chi connectivity index (χ4v) is 4.29. The van der Waals surface area contributed by atoms with Gasteiger partial charge in [0.25, 0.3) is 11.6 Å². The molecular weight excluding hydrogens is 400 g/mol. The van der Waals surface area contributed by atoms with Crippen molar-refractivity contribution in [3.05, 3.63) is 63.6 Å². The maximum absolute atomic E-state index is 11.7. The number of amidine groups is 1. The normalized spacial score (nSPS) is 23.6. The molecule has 0 aliphatic carbocycles. The van der Waals surface area contributed by atoms with Gasteiger partial charge in [-0.15, -0.1) is 0 Å². The van der Waals surface area contributed by atoms with Crippen molar-refractivity contribution in [2.75, 3.05) is 18.0 Å². The Balaban J connectivity index is 1.79. The van der Waals surface area contributed by atoms with Gasteiger partial charge in [-0.1, -0.05) is 39.7 Å². The number of nitrogens with zero attached hydrogens (tertiary/aromatic N) is 2. The van der Waals surface area contributed by atoms with Crippen molar-refractivity contribution in [2.24, 2.45) is 0 Å². The zero-order valence-corrected chi connectivity index (χ0v) is 16.3. The first-order chi connectivity index (χ1) is 12.1. The van der Waals surface area contributed by atoms with Crippen LogP contribution in [0.15, 0.2) is 53.0 Å². The third-order valence-corrected chi connectivity index (χ3v) is 5.96. The van der Waals surface area contributed by atoms with E-state index < -0.39 is 5.72 Å². The van der Waals surface area contributed by atoms with Crippen molar-refractivity contribution in [3.8, 4) is 0 Å². The van der Waals surface area contributed by atoms with E-state index in [2.05, 4.69) is 49.7 Å². The molecule has 4 rings (SSSR count). The van der Waals surface area contributed by atoms with Crippen molar-refractivity contribution in [1.82, 2.24) is 0 Å². The van der Waals surface area contributed by atoms with Crippen LogP contribution in [0, 0.1) is 0 Å².